The summed E-state index contributed by atoms with van der Waals surface area (Å²) < 4.78 is 5.57. The smallest absolute Gasteiger partial charge is 0.171 e. The lowest BCUT2D eigenvalue weighted by molar-refractivity contribution is 0.482. The molecule has 0 aliphatic heterocycles. The summed E-state index contributed by atoms with van der Waals surface area (Å²) in [5.74, 6) is 0.966. The standard InChI is InChI=1S/C12H10Cl2N2O/c1-7-2-4-11(12(14)16-7)17-10-5-3-8(13)6-9(10)15/h2-6H,15H2,1H3. The summed E-state index contributed by atoms with van der Waals surface area (Å²) in [6, 6.07) is 8.56. The third-order valence-electron chi connectivity index (χ3n) is 2.15. The van der Waals surface area contributed by atoms with Crippen molar-refractivity contribution < 1.29 is 4.74 Å². The molecule has 0 unspecified atom stereocenters. The summed E-state index contributed by atoms with van der Waals surface area (Å²) in [6.07, 6.45) is 0. The Balaban J connectivity index is 2.31. The van der Waals surface area contributed by atoms with E-state index in [1.807, 2.05) is 13.0 Å². The Labute approximate surface area is 109 Å². The van der Waals surface area contributed by atoms with Crippen LogP contribution >= 0.6 is 23.2 Å². The van der Waals surface area contributed by atoms with Crippen LogP contribution in [-0.2, 0) is 0 Å². The molecule has 3 nitrogen and oxygen atoms in total. The Kier molecular flexibility index (Phi) is 3.41. The van der Waals surface area contributed by atoms with Crippen molar-refractivity contribution in [2.45, 2.75) is 6.92 Å². The van der Waals surface area contributed by atoms with E-state index in [-0.39, 0.29) is 0 Å². The molecule has 0 amide bonds. The molecule has 0 aliphatic rings. The minimum atomic E-state index is 0.305. The van der Waals surface area contributed by atoms with Crippen molar-refractivity contribution in [1.29, 1.82) is 0 Å². The van der Waals surface area contributed by atoms with Gasteiger partial charge in [-0.1, -0.05) is 23.2 Å². The second-order valence-electron chi connectivity index (χ2n) is 3.53. The number of ether oxygens (including phenoxy) is 1. The fourth-order valence-electron chi connectivity index (χ4n) is 1.32. The first-order chi connectivity index (χ1) is 8.06. The molecule has 0 aliphatic carbocycles. The lowest BCUT2D eigenvalue weighted by Gasteiger charge is -2.09. The number of hydrogen-bond donors (Lipinski definition) is 1. The fourth-order valence-corrected chi connectivity index (χ4v) is 1.73. The molecule has 2 N–H and O–H groups in total. The number of pyridine rings is 1. The summed E-state index contributed by atoms with van der Waals surface area (Å²) in [7, 11) is 0. The monoisotopic (exact) mass is 268 g/mol. The average molecular weight is 269 g/mol. The van der Waals surface area contributed by atoms with E-state index in [9.17, 15) is 0 Å². The molecule has 0 saturated heterocycles. The molecule has 2 aromatic rings. The molecule has 0 bridgehead atoms. The van der Waals surface area contributed by atoms with Gasteiger partial charge in [0.25, 0.3) is 0 Å². The van der Waals surface area contributed by atoms with Crippen LogP contribution in [0.25, 0.3) is 0 Å². The molecule has 88 valence electrons. The lowest BCUT2D eigenvalue weighted by atomic mass is 10.3. The summed E-state index contributed by atoms with van der Waals surface area (Å²) in [4.78, 5) is 4.09. The highest BCUT2D eigenvalue weighted by molar-refractivity contribution is 6.31. The zero-order valence-electron chi connectivity index (χ0n) is 9.08. The van der Waals surface area contributed by atoms with E-state index in [0.717, 1.165) is 5.69 Å². The molecular formula is C12H10Cl2N2O. The highest BCUT2D eigenvalue weighted by Crippen LogP contribution is 2.32. The third-order valence-corrected chi connectivity index (χ3v) is 2.65. The van der Waals surface area contributed by atoms with Crippen molar-refractivity contribution in [3.8, 4) is 11.5 Å². The molecule has 1 aromatic heterocycles. The van der Waals surface area contributed by atoms with Gasteiger partial charge in [-0.3, -0.25) is 0 Å². The number of aryl methyl sites for hydroxylation is 1. The Hall–Kier alpha value is -1.45. The quantitative estimate of drug-likeness (QED) is 0.660. The normalized spacial score (nSPS) is 10.3. The number of benzene rings is 1. The zero-order chi connectivity index (χ0) is 12.4. The van der Waals surface area contributed by atoms with Crippen LogP contribution < -0.4 is 10.5 Å². The number of rotatable bonds is 2. The van der Waals surface area contributed by atoms with Crippen molar-refractivity contribution in [2.75, 3.05) is 5.73 Å². The van der Waals surface area contributed by atoms with Crippen molar-refractivity contribution in [3.05, 3.63) is 46.2 Å². The van der Waals surface area contributed by atoms with Crippen molar-refractivity contribution in [2.24, 2.45) is 0 Å². The largest absolute Gasteiger partial charge is 0.452 e. The molecule has 0 radical (unpaired) electrons. The van der Waals surface area contributed by atoms with E-state index in [2.05, 4.69) is 4.98 Å². The van der Waals surface area contributed by atoms with Gasteiger partial charge in [-0.2, -0.15) is 0 Å². The first kappa shape index (κ1) is 12.0. The summed E-state index contributed by atoms with van der Waals surface area (Å²) in [6.45, 7) is 1.85. The maximum absolute atomic E-state index is 5.96. The maximum atomic E-state index is 5.96. The van der Waals surface area contributed by atoms with Gasteiger partial charge in [-0.15, -0.1) is 0 Å². The predicted octanol–water partition coefficient (Wildman–Crippen LogP) is 4.07. The topological polar surface area (TPSA) is 48.1 Å². The Morgan fingerprint density at radius 3 is 2.47 bits per heavy atom. The van der Waals surface area contributed by atoms with Crippen LogP contribution in [0.4, 0.5) is 5.69 Å². The van der Waals surface area contributed by atoms with Gasteiger partial charge in [0.05, 0.1) is 5.69 Å². The number of nitrogens with two attached hydrogens (primary N) is 1. The second kappa shape index (κ2) is 4.82. The highest BCUT2D eigenvalue weighted by atomic mass is 35.5. The third kappa shape index (κ3) is 2.81. The fraction of sp³-hybridized carbons (Fsp3) is 0.0833. The molecule has 0 spiro atoms. The van der Waals surface area contributed by atoms with Crippen molar-refractivity contribution in [1.82, 2.24) is 4.98 Å². The molecule has 5 heteroatoms. The minimum Gasteiger partial charge on any atom is -0.452 e. The second-order valence-corrected chi connectivity index (χ2v) is 4.32. The van der Waals surface area contributed by atoms with Crippen LogP contribution in [0.15, 0.2) is 30.3 Å². The van der Waals surface area contributed by atoms with Gasteiger partial charge >= 0.3 is 0 Å². The van der Waals surface area contributed by atoms with Crippen LogP contribution in [0, 0.1) is 6.92 Å². The SMILES string of the molecule is Cc1ccc(Oc2ccc(Cl)cc2N)c(Cl)n1. The van der Waals surface area contributed by atoms with E-state index in [1.54, 1.807) is 24.3 Å². The Morgan fingerprint density at radius 1 is 1.12 bits per heavy atom. The minimum absolute atomic E-state index is 0.305. The van der Waals surface area contributed by atoms with Crippen LogP contribution in [-0.4, -0.2) is 4.98 Å². The summed E-state index contributed by atoms with van der Waals surface area (Å²) >= 11 is 11.8. The van der Waals surface area contributed by atoms with E-state index in [4.69, 9.17) is 33.7 Å². The maximum Gasteiger partial charge on any atom is 0.171 e. The first-order valence-electron chi connectivity index (χ1n) is 4.92. The van der Waals surface area contributed by atoms with Crippen molar-refractivity contribution in [3.63, 3.8) is 0 Å². The van der Waals surface area contributed by atoms with Gasteiger partial charge in [0.1, 0.15) is 0 Å². The summed E-state index contributed by atoms with van der Waals surface area (Å²) in [5.41, 5.74) is 7.05. The van der Waals surface area contributed by atoms with Crippen LogP contribution in [0.3, 0.4) is 0 Å². The van der Waals surface area contributed by atoms with E-state index in [0.29, 0.717) is 27.4 Å². The molecule has 0 atom stereocenters. The molecule has 0 fully saturated rings. The molecule has 1 heterocycles. The van der Waals surface area contributed by atoms with E-state index in [1.165, 1.54) is 0 Å². The number of anilines is 1. The molecular weight excluding hydrogens is 259 g/mol. The molecule has 17 heavy (non-hydrogen) atoms. The van der Waals surface area contributed by atoms with E-state index >= 15 is 0 Å². The van der Waals surface area contributed by atoms with Gasteiger partial charge in [-0.05, 0) is 37.3 Å². The molecule has 1 aromatic carbocycles. The van der Waals surface area contributed by atoms with Gasteiger partial charge < -0.3 is 10.5 Å². The van der Waals surface area contributed by atoms with Crippen LogP contribution in [0.1, 0.15) is 5.69 Å². The van der Waals surface area contributed by atoms with Crippen LogP contribution in [0.5, 0.6) is 11.5 Å². The Morgan fingerprint density at radius 2 is 1.82 bits per heavy atom. The molecule has 0 saturated carbocycles. The number of nitrogen functional groups attached to an aromatic ring is 1. The number of nitrogens with zero attached hydrogens (tertiary/aromatic N) is 1. The summed E-state index contributed by atoms with van der Waals surface area (Å²) in [5, 5.41) is 0.863. The molecule has 2 rings (SSSR count). The lowest BCUT2D eigenvalue weighted by Crippen LogP contribution is -1.93. The van der Waals surface area contributed by atoms with Crippen LogP contribution in [0.2, 0.25) is 10.2 Å². The number of aromatic nitrogens is 1. The van der Waals surface area contributed by atoms with Gasteiger partial charge in [0.15, 0.2) is 16.7 Å². The number of hydrogen-bond acceptors (Lipinski definition) is 3. The van der Waals surface area contributed by atoms with E-state index < -0.39 is 0 Å². The first-order valence-corrected chi connectivity index (χ1v) is 5.68. The highest BCUT2D eigenvalue weighted by Gasteiger charge is 2.07. The predicted molar refractivity (Wildman–Crippen MR) is 69.9 cm³/mol. The van der Waals surface area contributed by atoms with Crippen molar-refractivity contribution >= 4 is 28.9 Å². The van der Waals surface area contributed by atoms with Gasteiger partial charge in [0.2, 0.25) is 0 Å². The average Bonchev–Trinajstić information content (AvgIpc) is 2.25. The number of halogens is 2. The van der Waals surface area contributed by atoms with Gasteiger partial charge in [-0.25, -0.2) is 4.98 Å². The van der Waals surface area contributed by atoms with Gasteiger partial charge in [0, 0.05) is 10.7 Å². The zero-order valence-corrected chi connectivity index (χ0v) is 10.6. The Bertz CT molecular complexity index is 509.